The van der Waals surface area contributed by atoms with Crippen LogP contribution in [0, 0.1) is 0 Å². The average molecular weight is 940 g/mol. The van der Waals surface area contributed by atoms with E-state index in [0.29, 0.717) is 19.3 Å². The summed E-state index contributed by atoms with van der Waals surface area (Å²) in [6.45, 7) is 6.61. The maximum atomic E-state index is 12.9. The molecule has 0 aromatic rings. The molecule has 0 aliphatic rings. The van der Waals surface area contributed by atoms with Gasteiger partial charge in [-0.3, -0.25) is 14.4 Å². The van der Waals surface area contributed by atoms with Crippen molar-refractivity contribution >= 4 is 17.9 Å². The van der Waals surface area contributed by atoms with Gasteiger partial charge in [-0.05, 0) is 103 Å². The molecular formula is C61H110O6. The van der Waals surface area contributed by atoms with E-state index in [2.05, 4.69) is 69.4 Å². The molecule has 0 spiro atoms. The molecule has 1 atom stereocenters. The fourth-order valence-corrected chi connectivity index (χ4v) is 8.35. The number of hydrogen-bond acceptors (Lipinski definition) is 6. The predicted molar refractivity (Wildman–Crippen MR) is 289 cm³/mol. The highest BCUT2D eigenvalue weighted by molar-refractivity contribution is 5.71. The van der Waals surface area contributed by atoms with Gasteiger partial charge in [-0.2, -0.15) is 0 Å². The highest BCUT2D eigenvalue weighted by Crippen LogP contribution is 2.15. The zero-order valence-electron chi connectivity index (χ0n) is 44.7. The Balaban J connectivity index is 4.39. The van der Waals surface area contributed by atoms with E-state index in [4.69, 9.17) is 14.2 Å². The minimum Gasteiger partial charge on any atom is -0.462 e. The van der Waals surface area contributed by atoms with E-state index in [1.165, 1.54) is 173 Å². The minimum atomic E-state index is -0.786. The number of hydrogen-bond donors (Lipinski definition) is 0. The van der Waals surface area contributed by atoms with Crippen molar-refractivity contribution in [3.63, 3.8) is 0 Å². The Kier molecular flexibility index (Phi) is 53.8. The smallest absolute Gasteiger partial charge is 0.306 e. The van der Waals surface area contributed by atoms with Crippen LogP contribution in [0.5, 0.6) is 0 Å². The van der Waals surface area contributed by atoms with Gasteiger partial charge in [0.05, 0.1) is 0 Å². The first kappa shape index (κ1) is 64.4. The first-order valence-corrected chi connectivity index (χ1v) is 29.1. The second-order valence-corrected chi connectivity index (χ2v) is 19.5. The summed E-state index contributed by atoms with van der Waals surface area (Å²) >= 11 is 0. The predicted octanol–water partition coefficient (Wildman–Crippen LogP) is 19.4. The van der Waals surface area contributed by atoms with Crippen LogP contribution in [0.3, 0.4) is 0 Å². The minimum absolute atomic E-state index is 0.0840. The third-order valence-electron chi connectivity index (χ3n) is 12.8. The van der Waals surface area contributed by atoms with Crippen molar-refractivity contribution in [1.29, 1.82) is 0 Å². The van der Waals surface area contributed by atoms with Crippen LogP contribution in [-0.4, -0.2) is 37.2 Å². The summed E-state index contributed by atoms with van der Waals surface area (Å²) in [6.07, 6.45) is 68.1. The molecule has 0 rings (SSSR count). The molecule has 6 nitrogen and oxygen atoms in total. The van der Waals surface area contributed by atoms with Crippen molar-refractivity contribution in [1.82, 2.24) is 0 Å². The molecule has 6 heteroatoms. The average Bonchev–Trinajstić information content (AvgIpc) is 3.33. The largest absolute Gasteiger partial charge is 0.462 e. The van der Waals surface area contributed by atoms with Gasteiger partial charge in [0, 0.05) is 19.3 Å². The number of carbonyl (C=O) groups excluding carboxylic acids is 3. The van der Waals surface area contributed by atoms with E-state index in [1.807, 2.05) is 0 Å². The lowest BCUT2D eigenvalue weighted by Gasteiger charge is -2.18. The topological polar surface area (TPSA) is 78.9 Å². The Labute approximate surface area is 416 Å². The lowest BCUT2D eigenvalue weighted by atomic mass is 10.1. The molecule has 390 valence electrons. The monoisotopic (exact) mass is 939 g/mol. The van der Waals surface area contributed by atoms with Crippen LogP contribution >= 0.6 is 0 Å². The van der Waals surface area contributed by atoms with E-state index in [9.17, 15) is 14.4 Å². The highest BCUT2D eigenvalue weighted by atomic mass is 16.6. The number of esters is 3. The normalized spacial score (nSPS) is 12.3. The van der Waals surface area contributed by atoms with Crippen molar-refractivity contribution in [2.45, 2.75) is 309 Å². The molecule has 0 N–H and O–H groups in total. The molecule has 0 heterocycles. The zero-order chi connectivity index (χ0) is 48.6. The van der Waals surface area contributed by atoms with Gasteiger partial charge >= 0.3 is 17.9 Å². The van der Waals surface area contributed by atoms with Crippen LogP contribution < -0.4 is 0 Å². The summed E-state index contributed by atoms with van der Waals surface area (Å²) < 4.78 is 16.9. The lowest BCUT2D eigenvalue weighted by Crippen LogP contribution is -2.30. The van der Waals surface area contributed by atoms with Gasteiger partial charge in [0.1, 0.15) is 13.2 Å². The van der Waals surface area contributed by atoms with Gasteiger partial charge in [0.2, 0.25) is 0 Å². The molecule has 0 bridgehead atoms. The second kappa shape index (κ2) is 56.0. The quantitative estimate of drug-likeness (QED) is 0.0262. The molecule has 0 aliphatic heterocycles. The summed E-state index contributed by atoms with van der Waals surface area (Å²) in [4.78, 5) is 38.1. The number of carbonyl (C=O) groups is 3. The number of unbranched alkanes of at least 4 members (excludes halogenated alkanes) is 34. The maximum Gasteiger partial charge on any atom is 0.306 e. The van der Waals surface area contributed by atoms with Crippen molar-refractivity contribution in [3.05, 3.63) is 48.6 Å². The molecule has 0 saturated heterocycles. The summed E-state index contributed by atoms with van der Waals surface area (Å²) in [5.41, 5.74) is 0. The molecule has 67 heavy (non-hydrogen) atoms. The van der Waals surface area contributed by atoms with Gasteiger partial charge in [-0.1, -0.05) is 230 Å². The molecule has 0 aliphatic carbocycles. The molecule has 0 aromatic heterocycles. The zero-order valence-corrected chi connectivity index (χ0v) is 44.7. The summed E-state index contributed by atoms with van der Waals surface area (Å²) in [5, 5.41) is 0. The van der Waals surface area contributed by atoms with Crippen LogP contribution in [0.15, 0.2) is 48.6 Å². The Morgan fingerprint density at radius 2 is 0.537 bits per heavy atom. The summed E-state index contributed by atoms with van der Waals surface area (Å²) in [6, 6.07) is 0. The first-order valence-electron chi connectivity index (χ1n) is 29.1. The lowest BCUT2D eigenvalue weighted by molar-refractivity contribution is -0.167. The molecule has 0 aromatic carbocycles. The van der Waals surface area contributed by atoms with Crippen molar-refractivity contribution in [3.8, 4) is 0 Å². The number of rotatable bonds is 53. The van der Waals surface area contributed by atoms with Gasteiger partial charge in [-0.25, -0.2) is 0 Å². The SMILES string of the molecule is CCCCC/C=C\C/C=C\CCCCCCCCCC(=O)OC(COC(=O)CCCCC/C=C\CCCCCCCCC)COC(=O)CCCCCCC/C=C\CCCCCCCCCCC. The van der Waals surface area contributed by atoms with E-state index >= 15 is 0 Å². The molecule has 0 radical (unpaired) electrons. The fraction of sp³-hybridized carbons (Fsp3) is 0.820. The second-order valence-electron chi connectivity index (χ2n) is 19.5. The first-order chi connectivity index (χ1) is 33.0. The van der Waals surface area contributed by atoms with Gasteiger partial charge < -0.3 is 14.2 Å². The molecule has 1 unspecified atom stereocenters. The van der Waals surface area contributed by atoms with Gasteiger partial charge in [0.25, 0.3) is 0 Å². The van der Waals surface area contributed by atoms with Crippen molar-refractivity contribution in [2.75, 3.05) is 13.2 Å². The van der Waals surface area contributed by atoms with Crippen LogP contribution in [0.25, 0.3) is 0 Å². The molecule has 0 amide bonds. The molecule has 0 fully saturated rings. The molecular weight excluding hydrogens is 829 g/mol. The van der Waals surface area contributed by atoms with Crippen LogP contribution in [0.2, 0.25) is 0 Å². The van der Waals surface area contributed by atoms with E-state index in [-0.39, 0.29) is 31.1 Å². The fourth-order valence-electron chi connectivity index (χ4n) is 8.35. The standard InChI is InChI=1S/C61H110O6/c1-4-7-10-13-16-19-22-25-28-30-32-33-36-39-42-45-48-51-54-60(63)66-57-58(56-65-59(62)53-50-47-44-41-38-35-27-24-21-18-15-12-9-6-3)67-61(64)55-52-49-46-43-40-37-34-31-29-26-23-20-17-14-11-8-5-2/h17,20,26,29,32-33,35,38,58H,4-16,18-19,21-25,27-28,30-31,34,36-37,39-57H2,1-3H3/b20-17-,29-26-,33-32-,38-35-. The Morgan fingerprint density at radius 3 is 0.881 bits per heavy atom. The Bertz CT molecular complexity index is 1170. The van der Waals surface area contributed by atoms with Crippen LogP contribution in [0.4, 0.5) is 0 Å². The number of ether oxygens (including phenoxy) is 3. The number of allylic oxidation sites excluding steroid dienone is 8. The summed E-state index contributed by atoms with van der Waals surface area (Å²) in [7, 11) is 0. The van der Waals surface area contributed by atoms with Gasteiger partial charge in [0.15, 0.2) is 6.10 Å². The van der Waals surface area contributed by atoms with Crippen molar-refractivity contribution < 1.29 is 28.6 Å². The Morgan fingerprint density at radius 1 is 0.299 bits per heavy atom. The van der Waals surface area contributed by atoms with Gasteiger partial charge in [-0.15, -0.1) is 0 Å². The van der Waals surface area contributed by atoms with Crippen LogP contribution in [0.1, 0.15) is 303 Å². The highest BCUT2D eigenvalue weighted by Gasteiger charge is 2.19. The van der Waals surface area contributed by atoms with E-state index in [1.54, 1.807) is 0 Å². The maximum absolute atomic E-state index is 12.9. The third-order valence-corrected chi connectivity index (χ3v) is 12.8. The third kappa shape index (κ3) is 54.2. The van der Waals surface area contributed by atoms with E-state index in [0.717, 1.165) is 89.9 Å². The Hall–Kier alpha value is -2.63. The van der Waals surface area contributed by atoms with E-state index < -0.39 is 6.10 Å². The van der Waals surface area contributed by atoms with Crippen LogP contribution in [-0.2, 0) is 28.6 Å². The molecule has 0 saturated carbocycles. The van der Waals surface area contributed by atoms with Crippen molar-refractivity contribution in [2.24, 2.45) is 0 Å². The summed E-state index contributed by atoms with van der Waals surface area (Å²) in [5.74, 6) is -0.903.